The maximum Gasteiger partial charge on any atom is 0.471 e. The minimum Gasteiger partial charge on any atom is -0.348 e. The molecule has 0 aromatic rings. The summed E-state index contributed by atoms with van der Waals surface area (Å²) in [6.45, 7) is 2.06. The number of amides is 1. The first-order chi connectivity index (χ1) is 7.39. The quantitative estimate of drug-likeness (QED) is 0.806. The molecule has 0 aromatic heterocycles. The molecule has 16 heavy (non-hydrogen) atoms. The van der Waals surface area contributed by atoms with Gasteiger partial charge in [-0.3, -0.25) is 4.79 Å². The number of carbonyl (C=O) groups is 1. The zero-order valence-corrected chi connectivity index (χ0v) is 9.31. The summed E-state index contributed by atoms with van der Waals surface area (Å²) in [4.78, 5) is 12.7. The number of rotatable bonds is 3. The van der Waals surface area contributed by atoms with Crippen LogP contribution in [0.25, 0.3) is 0 Å². The highest BCUT2D eigenvalue weighted by Gasteiger charge is 2.38. The molecule has 0 aliphatic carbocycles. The first-order valence-corrected chi connectivity index (χ1v) is 5.43. The van der Waals surface area contributed by atoms with Crippen LogP contribution in [-0.2, 0) is 4.79 Å². The molecule has 1 unspecified atom stereocenters. The van der Waals surface area contributed by atoms with Crippen molar-refractivity contribution in [1.29, 1.82) is 0 Å². The number of halogens is 3. The maximum absolute atomic E-state index is 11.9. The summed E-state index contributed by atoms with van der Waals surface area (Å²) in [5.74, 6) is -1.44. The van der Waals surface area contributed by atoms with E-state index in [0.29, 0.717) is 12.3 Å². The molecule has 0 spiro atoms. The van der Waals surface area contributed by atoms with Gasteiger partial charge in [-0.1, -0.05) is 0 Å². The van der Waals surface area contributed by atoms with Crippen molar-refractivity contribution in [2.24, 2.45) is 5.92 Å². The zero-order chi connectivity index (χ0) is 12.2. The Balaban J connectivity index is 2.18. The molecule has 6 heteroatoms. The molecule has 1 saturated heterocycles. The Morgan fingerprint density at radius 1 is 1.50 bits per heavy atom. The summed E-state index contributed by atoms with van der Waals surface area (Å²) in [6, 6.07) is 0. The van der Waals surface area contributed by atoms with Gasteiger partial charge in [0.25, 0.3) is 0 Å². The number of alkyl halides is 3. The molecular weight excluding hydrogens is 221 g/mol. The molecule has 1 rings (SSSR count). The lowest BCUT2D eigenvalue weighted by Gasteiger charge is -2.29. The van der Waals surface area contributed by atoms with E-state index in [0.717, 1.165) is 25.9 Å². The predicted octanol–water partition coefficient (Wildman–Crippen LogP) is 1.40. The Labute approximate surface area is 93.0 Å². The maximum atomic E-state index is 11.9. The third kappa shape index (κ3) is 4.38. The van der Waals surface area contributed by atoms with Crippen molar-refractivity contribution in [2.75, 3.05) is 26.7 Å². The molecule has 0 bridgehead atoms. The third-order valence-corrected chi connectivity index (χ3v) is 2.82. The monoisotopic (exact) mass is 238 g/mol. The van der Waals surface area contributed by atoms with Gasteiger partial charge < -0.3 is 10.2 Å². The average Bonchev–Trinajstić information content (AvgIpc) is 2.16. The van der Waals surface area contributed by atoms with Gasteiger partial charge in [0.1, 0.15) is 0 Å². The number of hydrogen-bond acceptors (Lipinski definition) is 2. The molecule has 3 nitrogen and oxygen atoms in total. The number of nitrogens with one attached hydrogen (secondary N) is 1. The summed E-state index contributed by atoms with van der Waals surface area (Å²) in [5, 5.41) is 1.90. The lowest BCUT2D eigenvalue weighted by molar-refractivity contribution is -0.173. The van der Waals surface area contributed by atoms with Gasteiger partial charge in [-0.2, -0.15) is 13.2 Å². The van der Waals surface area contributed by atoms with E-state index in [1.807, 2.05) is 12.4 Å². The number of carbonyl (C=O) groups excluding carboxylic acids is 1. The van der Waals surface area contributed by atoms with Crippen molar-refractivity contribution in [3.05, 3.63) is 0 Å². The summed E-state index contributed by atoms with van der Waals surface area (Å²) in [5.41, 5.74) is 0. The number of nitrogens with zero attached hydrogens (tertiary/aromatic N) is 1. The smallest absolute Gasteiger partial charge is 0.348 e. The summed E-state index contributed by atoms with van der Waals surface area (Å²) >= 11 is 0. The molecule has 1 atom stereocenters. The van der Waals surface area contributed by atoms with Crippen LogP contribution >= 0.6 is 0 Å². The third-order valence-electron chi connectivity index (χ3n) is 2.82. The minimum atomic E-state index is -4.76. The fraction of sp³-hybridized carbons (Fsp3) is 0.900. The van der Waals surface area contributed by atoms with Crippen LogP contribution in [0, 0.1) is 5.92 Å². The van der Waals surface area contributed by atoms with Crippen molar-refractivity contribution < 1.29 is 18.0 Å². The van der Waals surface area contributed by atoms with Gasteiger partial charge >= 0.3 is 12.1 Å². The number of likely N-dealkylation sites (tertiary alicyclic amines) is 1. The van der Waals surface area contributed by atoms with Gasteiger partial charge in [0.05, 0.1) is 0 Å². The summed E-state index contributed by atoms with van der Waals surface area (Å²) in [6.07, 6.45) is -2.03. The molecule has 0 aromatic carbocycles. The summed E-state index contributed by atoms with van der Waals surface area (Å²) in [7, 11) is 2.00. The van der Waals surface area contributed by atoms with Crippen molar-refractivity contribution >= 4 is 5.91 Å². The van der Waals surface area contributed by atoms with Crippen molar-refractivity contribution in [3.8, 4) is 0 Å². The molecule has 1 N–H and O–H groups in total. The van der Waals surface area contributed by atoms with E-state index in [4.69, 9.17) is 0 Å². The second-order valence-electron chi connectivity index (χ2n) is 4.31. The zero-order valence-electron chi connectivity index (χ0n) is 9.31. The van der Waals surface area contributed by atoms with Gasteiger partial charge in [-0.15, -0.1) is 0 Å². The number of piperidine rings is 1. The van der Waals surface area contributed by atoms with Gasteiger partial charge in [-0.25, -0.2) is 0 Å². The highest BCUT2D eigenvalue weighted by Crippen LogP contribution is 2.18. The lowest BCUT2D eigenvalue weighted by atomic mass is 9.95. The SMILES string of the molecule is CN1CCCC(CCNC(=O)C(F)(F)F)C1. The molecule has 94 valence electrons. The molecule has 1 aliphatic rings. The Bertz CT molecular complexity index is 243. The van der Waals surface area contributed by atoms with Crippen molar-refractivity contribution in [3.63, 3.8) is 0 Å². The van der Waals surface area contributed by atoms with Crippen LogP contribution in [0.4, 0.5) is 13.2 Å². The number of hydrogen-bond donors (Lipinski definition) is 1. The Kier molecular flexibility index (Phi) is 4.58. The minimum absolute atomic E-state index is 0.108. The average molecular weight is 238 g/mol. The second kappa shape index (κ2) is 5.52. The fourth-order valence-corrected chi connectivity index (χ4v) is 2.00. The highest BCUT2D eigenvalue weighted by molar-refractivity contribution is 5.81. The van der Waals surface area contributed by atoms with E-state index in [1.165, 1.54) is 0 Å². The Morgan fingerprint density at radius 2 is 2.19 bits per heavy atom. The largest absolute Gasteiger partial charge is 0.471 e. The Hall–Kier alpha value is -0.780. The van der Waals surface area contributed by atoms with Crippen molar-refractivity contribution in [1.82, 2.24) is 10.2 Å². The molecular formula is C10H17F3N2O. The topological polar surface area (TPSA) is 32.3 Å². The van der Waals surface area contributed by atoms with Gasteiger partial charge in [0, 0.05) is 13.1 Å². The predicted molar refractivity (Wildman–Crippen MR) is 53.9 cm³/mol. The molecule has 1 amide bonds. The van der Waals surface area contributed by atoms with E-state index < -0.39 is 12.1 Å². The van der Waals surface area contributed by atoms with Gasteiger partial charge in [-0.05, 0) is 38.8 Å². The van der Waals surface area contributed by atoms with Crippen LogP contribution in [0.3, 0.4) is 0 Å². The normalized spacial score (nSPS) is 23.1. The van der Waals surface area contributed by atoms with E-state index in [2.05, 4.69) is 4.90 Å². The van der Waals surface area contributed by atoms with Crippen LogP contribution in [0.5, 0.6) is 0 Å². The van der Waals surface area contributed by atoms with E-state index in [1.54, 1.807) is 0 Å². The summed E-state index contributed by atoms with van der Waals surface area (Å²) < 4.78 is 35.6. The molecule has 1 heterocycles. The van der Waals surface area contributed by atoms with Crippen LogP contribution in [0.1, 0.15) is 19.3 Å². The lowest BCUT2D eigenvalue weighted by Crippen LogP contribution is -2.39. The van der Waals surface area contributed by atoms with Crippen LogP contribution < -0.4 is 5.32 Å². The van der Waals surface area contributed by atoms with Crippen molar-refractivity contribution in [2.45, 2.75) is 25.4 Å². The van der Waals surface area contributed by atoms with Crippen LogP contribution in [-0.4, -0.2) is 43.7 Å². The fourth-order valence-electron chi connectivity index (χ4n) is 2.00. The molecule has 1 aliphatic heterocycles. The van der Waals surface area contributed by atoms with Crippen LogP contribution in [0.15, 0.2) is 0 Å². The first kappa shape index (κ1) is 13.3. The molecule has 0 saturated carbocycles. The van der Waals surface area contributed by atoms with E-state index in [9.17, 15) is 18.0 Å². The molecule has 0 radical (unpaired) electrons. The van der Waals surface area contributed by atoms with E-state index in [-0.39, 0.29) is 6.54 Å². The molecule has 1 fully saturated rings. The standard InChI is InChI=1S/C10H17F3N2O/c1-15-6-2-3-8(7-15)4-5-14-9(16)10(11,12)13/h8H,2-7H2,1H3,(H,14,16). The first-order valence-electron chi connectivity index (χ1n) is 5.43. The van der Waals surface area contributed by atoms with Crippen LogP contribution in [0.2, 0.25) is 0 Å². The van der Waals surface area contributed by atoms with Gasteiger partial charge in [0.15, 0.2) is 0 Å². The second-order valence-corrected chi connectivity index (χ2v) is 4.31. The Morgan fingerprint density at radius 3 is 2.75 bits per heavy atom. The highest BCUT2D eigenvalue weighted by atomic mass is 19.4. The van der Waals surface area contributed by atoms with Gasteiger partial charge in [0.2, 0.25) is 0 Å². The van der Waals surface area contributed by atoms with E-state index >= 15 is 0 Å².